The van der Waals surface area contributed by atoms with Crippen LogP contribution in [0.1, 0.15) is 46.7 Å². The number of ketones is 1. The molecule has 0 radical (unpaired) electrons. The third-order valence-corrected chi connectivity index (χ3v) is 3.55. The lowest BCUT2D eigenvalue weighted by Crippen LogP contribution is -2.16. The second-order valence-electron chi connectivity index (χ2n) is 5.60. The number of H-pyrrole nitrogens is 1. The highest BCUT2D eigenvalue weighted by atomic mass is 19.4. The average Bonchev–Trinajstić information content (AvgIpc) is 2.43. The van der Waals surface area contributed by atoms with Gasteiger partial charge < -0.3 is 4.98 Å². The Balaban J connectivity index is 2.28. The molecule has 0 unspecified atom stereocenters. The Kier molecular flexibility index (Phi) is 5.05. The number of halogens is 5. The zero-order chi connectivity index (χ0) is 18.9. The lowest BCUT2D eigenvalue weighted by molar-refractivity contribution is -0.142. The van der Waals surface area contributed by atoms with Gasteiger partial charge in [-0.05, 0) is 30.5 Å². The molecular weight excluding hydrogens is 347 g/mol. The first-order valence-electron chi connectivity index (χ1n) is 7.16. The van der Waals surface area contributed by atoms with Crippen LogP contribution in [0.4, 0.5) is 22.0 Å². The summed E-state index contributed by atoms with van der Waals surface area (Å²) in [6.07, 6.45) is -5.43. The normalized spacial score (nSPS) is 12.9. The molecule has 0 aliphatic heterocycles. The van der Waals surface area contributed by atoms with Crippen LogP contribution in [0.5, 0.6) is 0 Å². The van der Waals surface area contributed by atoms with Gasteiger partial charge in [-0.3, -0.25) is 9.59 Å². The third kappa shape index (κ3) is 4.28. The first-order chi connectivity index (χ1) is 11.5. The molecule has 25 heavy (non-hydrogen) atoms. The van der Waals surface area contributed by atoms with Crippen LogP contribution in [-0.2, 0) is 6.18 Å². The van der Waals surface area contributed by atoms with Crippen molar-refractivity contribution >= 4 is 5.78 Å². The van der Waals surface area contributed by atoms with Crippen molar-refractivity contribution in [3.05, 3.63) is 62.8 Å². The number of hydrogen-bond donors (Lipinski definition) is 1. The molecule has 4 nitrogen and oxygen atoms in total. The Morgan fingerprint density at radius 1 is 1.20 bits per heavy atom. The number of hydrogen-bond acceptors (Lipinski definition) is 3. The summed E-state index contributed by atoms with van der Waals surface area (Å²) < 4.78 is 65.0. The van der Waals surface area contributed by atoms with E-state index in [-0.39, 0.29) is 23.5 Å². The number of alkyl halides is 3. The van der Waals surface area contributed by atoms with E-state index >= 15 is 0 Å². The van der Waals surface area contributed by atoms with Gasteiger partial charge in [0, 0.05) is 12.5 Å². The molecule has 0 bridgehead atoms. The molecule has 1 heterocycles. The quantitative estimate of drug-likeness (QED) is 0.667. The number of rotatable bonds is 4. The number of benzene rings is 1. The number of aromatic nitrogens is 2. The van der Waals surface area contributed by atoms with Crippen molar-refractivity contribution < 1.29 is 26.7 Å². The van der Waals surface area contributed by atoms with Gasteiger partial charge >= 0.3 is 6.18 Å². The predicted octanol–water partition coefficient (Wildman–Crippen LogP) is 3.75. The first kappa shape index (κ1) is 18.8. The van der Waals surface area contributed by atoms with Crippen molar-refractivity contribution in [2.45, 2.75) is 32.4 Å². The minimum atomic E-state index is -5.15. The summed E-state index contributed by atoms with van der Waals surface area (Å²) >= 11 is 0. The van der Waals surface area contributed by atoms with E-state index in [1.165, 1.54) is 13.8 Å². The second kappa shape index (κ2) is 6.73. The summed E-state index contributed by atoms with van der Waals surface area (Å²) in [6.45, 7) is 2.90. The number of nitrogens with zero attached hydrogens (tertiary/aromatic N) is 1. The van der Waals surface area contributed by atoms with Crippen LogP contribution in [0, 0.1) is 18.6 Å². The number of aromatic amines is 1. The summed E-state index contributed by atoms with van der Waals surface area (Å²) in [5.41, 5.74) is -2.73. The van der Waals surface area contributed by atoms with Gasteiger partial charge in [0.25, 0.3) is 5.56 Å². The molecule has 0 saturated heterocycles. The Morgan fingerprint density at radius 3 is 2.24 bits per heavy atom. The van der Waals surface area contributed by atoms with Gasteiger partial charge in [0.2, 0.25) is 0 Å². The molecule has 0 amide bonds. The van der Waals surface area contributed by atoms with Crippen molar-refractivity contribution in [3.63, 3.8) is 0 Å². The highest BCUT2D eigenvalue weighted by Crippen LogP contribution is 2.35. The van der Waals surface area contributed by atoms with E-state index in [0.717, 1.165) is 6.07 Å². The maximum absolute atomic E-state index is 13.6. The van der Waals surface area contributed by atoms with Gasteiger partial charge in [-0.25, -0.2) is 13.8 Å². The fourth-order valence-corrected chi connectivity index (χ4v) is 2.37. The average molecular weight is 360 g/mol. The minimum Gasteiger partial charge on any atom is -0.311 e. The minimum absolute atomic E-state index is 0.0992. The molecule has 0 aliphatic rings. The van der Waals surface area contributed by atoms with Crippen molar-refractivity contribution in [1.82, 2.24) is 9.97 Å². The molecule has 0 fully saturated rings. The Bertz CT molecular complexity index is 851. The third-order valence-electron chi connectivity index (χ3n) is 3.55. The lowest BCUT2D eigenvalue weighted by Gasteiger charge is -2.15. The molecule has 0 spiro atoms. The molecule has 9 heteroatoms. The molecule has 0 aliphatic carbocycles. The van der Waals surface area contributed by atoms with Crippen molar-refractivity contribution in [2.24, 2.45) is 0 Å². The maximum Gasteiger partial charge on any atom is 0.422 e. The maximum atomic E-state index is 13.6. The van der Waals surface area contributed by atoms with Gasteiger partial charge in [-0.1, -0.05) is 6.92 Å². The van der Waals surface area contributed by atoms with Crippen LogP contribution < -0.4 is 5.56 Å². The largest absolute Gasteiger partial charge is 0.422 e. The number of aryl methyl sites for hydroxylation is 1. The molecular formula is C16H13F5N2O2. The molecule has 1 aromatic heterocycles. The van der Waals surface area contributed by atoms with E-state index in [1.54, 1.807) is 0 Å². The zero-order valence-electron chi connectivity index (χ0n) is 13.2. The molecule has 0 saturated carbocycles. The van der Waals surface area contributed by atoms with Gasteiger partial charge in [0.15, 0.2) is 5.78 Å². The van der Waals surface area contributed by atoms with Crippen LogP contribution in [0.2, 0.25) is 0 Å². The van der Waals surface area contributed by atoms with E-state index in [1.807, 2.05) is 0 Å². The SMILES string of the molecule is Cc1nc(C(=O)C[C@H](C)c2cc(F)c(C(F)(F)F)c(F)c2)cc(=O)[nH]1. The highest BCUT2D eigenvalue weighted by Gasteiger charge is 2.38. The topological polar surface area (TPSA) is 62.8 Å². The monoisotopic (exact) mass is 360 g/mol. The van der Waals surface area contributed by atoms with Gasteiger partial charge in [0.05, 0.1) is 0 Å². The summed E-state index contributed by atoms with van der Waals surface area (Å²) in [5.74, 6) is -4.61. The van der Waals surface area contributed by atoms with Crippen LogP contribution >= 0.6 is 0 Å². The molecule has 2 rings (SSSR count). The van der Waals surface area contributed by atoms with E-state index < -0.39 is 40.6 Å². The molecule has 1 atom stereocenters. The summed E-state index contributed by atoms with van der Waals surface area (Å²) in [5, 5.41) is 0. The molecule has 2 aromatic rings. The van der Waals surface area contributed by atoms with E-state index in [2.05, 4.69) is 9.97 Å². The Hall–Kier alpha value is -2.58. The van der Waals surface area contributed by atoms with E-state index in [9.17, 15) is 31.5 Å². The van der Waals surface area contributed by atoms with Gasteiger partial charge in [-0.15, -0.1) is 0 Å². The van der Waals surface area contributed by atoms with Gasteiger partial charge in [-0.2, -0.15) is 13.2 Å². The smallest absolute Gasteiger partial charge is 0.311 e. The molecule has 134 valence electrons. The van der Waals surface area contributed by atoms with Crippen LogP contribution in [0.25, 0.3) is 0 Å². The Labute approximate surface area is 138 Å². The number of nitrogens with one attached hydrogen (secondary N) is 1. The van der Waals surface area contributed by atoms with Crippen molar-refractivity contribution in [2.75, 3.05) is 0 Å². The summed E-state index contributed by atoms with van der Waals surface area (Å²) in [7, 11) is 0. The molecule has 1 aromatic carbocycles. The predicted molar refractivity (Wildman–Crippen MR) is 78.3 cm³/mol. The summed E-state index contributed by atoms with van der Waals surface area (Å²) in [6, 6.07) is 2.09. The van der Waals surface area contributed by atoms with Crippen LogP contribution in [0.3, 0.4) is 0 Å². The first-order valence-corrected chi connectivity index (χ1v) is 7.16. The number of carbonyl (C=O) groups excluding carboxylic acids is 1. The zero-order valence-corrected chi connectivity index (χ0v) is 13.2. The van der Waals surface area contributed by atoms with E-state index in [0.29, 0.717) is 12.1 Å². The van der Waals surface area contributed by atoms with Crippen molar-refractivity contribution in [1.29, 1.82) is 0 Å². The van der Waals surface area contributed by atoms with Crippen LogP contribution in [0.15, 0.2) is 23.0 Å². The highest BCUT2D eigenvalue weighted by molar-refractivity contribution is 5.94. The molecule has 1 N–H and O–H groups in total. The number of carbonyl (C=O) groups is 1. The fraction of sp³-hybridized carbons (Fsp3) is 0.312. The summed E-state index contributed by atoms with van der Waals surface area (Å²) in [4.78, 5) is 29.7. The standard InChI is InChI=1S/C16H13F5N2O2/c1-7(3-13(24)12-6-14(25)23-8(2)22-12)9-4-10(17)15(11(18)5-9)16(19,20)21/h4-7H,3H2,1-2H3,(H,22,23,25)/t7-/m0/s1. The van der Waals surface area contributed by atoms with E-state index in [4.69, 9.17) is 0 Å². The van der Waals surface area contributed by atoms with Crippen molar-refractivity contribution in [3.8, 4) is 0 Å². The van der Waals surface area contributed by atoms with Gasteiger partial charge in [0.1, 0.15) is 28.7 Å². The second-order valence-corrected chi connectivity index (χ2v) is 5.60. The fourth-order valence-electron chi connectivity index (χ4n) is 2.37. The van der Waals surface area contributed by atoms with Crippen LogP contribution in [-0.4, -0.2) is 15.8 Å². The Morgan fingerprint density at radius 2 is 1.76 bits per heavy atom. The number of Topliss-reactive ketones (excluding diaryl/α,β-unsaturated/α-hetero) is 1. The lowest BCUT2D eigenvalue weighted by atomic mass is 9.93.